The van der Waals surface area contributed by atoms with Crippen LogP contribution >= 0.6 is 0 Å². The molecule has 0 aromatic carbocycles. The van der Waals surface area contributed by atoms with Crippen LogP contribution in [0.2, 0.25) is 0 Å². The summed E-state index contributed by atoms with van der Waals surface area (Å²) in [5.74, 6) is -0.320. The molecule has 1 aliphatic rings. The lowest BCUT2D eigenvalue weighted by Crippen LogP contribution is -2.44. The van der Waals surface area contributed by atoms with Crippen LogP contribution in [-0.2, 0) is 9.53 Å². The third-order valence-electron chi connectivity index (χ3n) is 3.39. The van der Waals surface area contributed by atoms with Crippen LogP contribution in [0.3, 0.4) is 0 Å². The largest absolute Gasteiger partial charge is 0.461 e. The van der Waals surface area contributed by atoms with Crippen LogP contribution in [0.4, 0.5) is 0 Å². The molecule has 0 unspecified atom stereocenters. The molecule has 3 heteroatoms. The number of esters is 1. The van der Waals surface area contributed by atoms with Gasteiger partial charge in [0.15, 0.2) is 5.60 Å². The predicted octanol–water partition coefficient (Wildman–Crippen LogP) is 2.66. The second-order valence-corrected chi connectivity index (χ2v) is 5.11. The van der Waals surface area contributed by atoms with Crippen LogP contribution in [0.15, 0.2) is 0 Å². The molecule has 0 heterocycles. The molecule has 0 amide bonds. The molecule has 0 bridgehead atoms. The first kappa shape index (κ1) is 13.5. The minimum atomic E-state index is -1.21. The summed E-state index contributed by atoms with van der Waals surface area (Å²) in [6, 6.07) is 0. The first-order valence-electron chi connectivity index (χ1n) is 6.44. The highest BCUT2D eigenvalue weighted by Crippen LogP contribution is 2.39. The molecule has 1 aliphatic carbocycles. The van der Waals surface area contributed by atoms with E-state index in [9.17, 15) is 9.90 Å². The number of hydrogen-bond acceptors (Lipinski definition) is 3. The monoisotopic (exact) mass is 228 g/mol. The summed E-state index contributed by atoms with van der Waals surface area (Å²) in [5, 5.41) is 10.4. The minimum absolute atomic E-state index is 0.0960. The molecule has 1 fully saturated rings. The van der Waals surface area contributed by atoms with E-state index < -0.39 is 11.6 Å². The highest BCUT2D eigenvalue weighted by Gasteiger charge is 2.48. The molecule has 94 valence electrons. The van der Waals surface area contributed by atoms with Crippen molar-refractivity contribution in [2.24, 2.45) is 5.92 Å². The van der Waals surface area contributed by atoms with Gasteiger partial charge >= 0.3 is 5.97 Å². The number of hydrogen-bond donors (Lipinski definition) is 1. The molecule has 0 saturated heterocycles. The zero-order valence-electron chi connectivity index (χ0n) is 10.7. The van der Waals surface area contributed by atoms with Crippen molar-refractivity contribution < 1.29 is 14.6 Å². The van der Waals surface area contributed by atoms with Gasteiger partial charge in [-0.25, -0.2) is 4.79 Å². The van der Waals surface area contributed by atoms with Gasteiger partial charge in [-0.15, -0.1) is 0 Å². The molecule has 0 aromatic heterocycles. The summed E-state index contributed by atoms with van der Waals surface area (Å²) in [5.41, 5.74) is -1.21. The zero-order chi connectivity index (χ0) is 12.2. The normalized spacial score (nSPS) is 29.7. The fourth-order valence-corrected chi connectivity index (χ4v) is 2.48. The van der Waals surface area contributed by atoms with Crippen molar-refractivity contribution >= 4 is 5.97 Å². The van der Waals surface area contributed by atoms with Gasteiger partial charge in [-0.1, -0.05) is 19.8 Å². The maximum absolute atomic E-state index is 11.9. The Morgan fingerprint density at radius 3 is 2.81 bits per heavy atom. The molecule has 1 rings (SSSR count). The molecule has 1 saturated carbocycles. The lowest BCUT2D eigenvalue weighted by atomic mass is 9.87. The van der Waals surface area contributed by atoms with E-state index in [1.54, 1.807) is 0 Å². The third-order valence-corrected chi connectivity index (χ3v) is 3.39. The van der Waals surface area contributed by atoms with Crippen molar-refractivity contribution in [1.82, 2.24) is 0 Å². The topological polar surface area (TPSA) is 46.5 Å². The molecule has 2 atom stereocenters. The van der Waals surface area contributed by atoms with Crippen LogP contribution in [0.1, 0.15) is 59.3 Å². The van der Waals surface area contributed by atoms with Crippen molar-refractivity contribution in [2.45, 2.75) is 71.0 Å². The number of aliphatic hydroxyl groups is 1. The van der Waals surface area contributed by atoms with E-state index in [1.165, 1.54) is 0 Å². The average molecular weight is 228 g/mol. The molecule has 16 heavy (non-hydrogen) atoms. The smallest absolute Gasteiger partial charge is 0.338 e. The number of unbranched alkanes of at least 4 members (excludes halogenated alkanes) is 1. The zero-order valence-corrected chi connectivity index (χ0v) is 10.7. The van der Waals surface area contributed by atoms with Crippen molar-refractivity contribution in [3.05, 3.63) is 0 Å². The fourth-order valence-electron chi connectivity index (χ4n) is 2.48. The summed E-state index contributed by atoms with van der Waals surface area (Å²) < 4.78 is 5.16. The molecule has 0 aromatic rings. The van der Waals surface area contributed by atoms with Crippen LogP contribution in [-0.4, -0.2) is 22.8 Å². The number of ether oxygens (including phenoxy) is 1. The van der Waals surface area contributed by atoms with Gasteiger partial charge in [0.25, 0.3) is 0 Å². The van der Waals surface area contributed by atoms with Gasteiger partial charge in [0.2, 0.25) is 0 Å². The molecule has 0 aliphatic heterocycles. The Morgan fingerprint density at radius 1 is 1.56 bits per heavy atom. The maximum Gasteiger partial charge on any atom is 0.338 e. The Kier molecular flexibility index (Phi) is 4.78. The first-order chi connectivity index (χ1) is 7.50. The van der Waals surface area contributed by atoms with E-state index >= 15 is 0 Å². The Hall–Kier alpha value is -0.570. The van der Waals surface area contributed by atoms with Gasteiger partial charge in [-0.2, -0.15) is 0 Å². The lowest BCUT2D eigenvalue weighted by molar-refractivity contribution is -0.173. The van der Waals surface area contributed by atoms with Gasteiger partial charge < -0.3 is 9.84 Å². The van der Waals surface area contributed by atoms with Crippen molar-refractivity contribution in [3.8, 4) is 0 Å². The Labute approximate surface area is 98.2 Å². The van der Waals surface area contributed by atoms with Crippen LogP contribution in [0, 0.1) is 5.92 Å². The van der Waals surface area contributed by atoms with Gasteiger partial charge in [-0.05, 0) is 45.4 Å². The van der Waals surface area contributed by atoms with E-state index in [4.69, 9.17) is 4.74 Å². The standard InChI is InChI=1S/C13H24O3/c1-4-5-7-11-8-6-9-13(11,15)12(14)16-10(2)3/h10-11,15H,4-9H2,1-3H3/t11-,13+/m0/s1. The van der Waals surface area contributed by atoms with Gasteiger partial charge in [0.1, 0.15) is 0 Å². The first-order valence-corrected chi connectivity index (χ1v) is 6.44. The summed E-state index contributed by atoms with van der Waals surface area (Å²) in [4.78, 5) is 11.9. The highest BCUT2D eigenvalue weighted by atomic mass is 16.6. The SMILES string of the molecule is CCCC[C@H]1CCC[C@]1(O)C(=O)OC(C)C. The molecular weight excluding hydrogens is 204 g/mol. The summed E-state index contributed by atoms with van der Waals surface area (Å²) in [7, 11) is 0. The van der Waals surface area contributed by atoms with Crippen molar-refractivity contribution in [3.63, 3.8) is 0 Å². The summed E-state index contributed by atoms with van der Waals surface area (Å²) >= 11 is 0. The Morgan fingerprint density at radius 2 is 2.25 bits per heavy atom. The van der Waals surface area contributed by atoms with Gasteiger partial charge in [0, 0.05) is 0 Å². The van der Waals surface area contributed by atoms with E-state index in [2.05, 4.69) is 6.92 Å². The fraction of sp³-hybridized carbons (Fsp3) is 0.923. The number of carbonyl (C=O) groups is 1. The maximum atomic E-state index is 11.9. The van der Waals surface area contributed by atoms with Crippen molar-refractivity contribution in [2.75, 3.05) is 0 Å². The third kappa shape index (κ3) is 2.97. The van der Waals surface area contributed by atoms with Crippen molar-refractivity contribution in [1.29, 1.82) is 0 Å². The Bertz CT molecular complexity index is 237. The molecule has 3 nitrogen and oxygen atoms in total. The molecular formula is C13H24O3. The second-order valence-electron chi connectivity index (χ2n) is 5.11. The Balaban J connectivity index is 2.61. The quantitative estimate of drug-likeness (QED) is 0.736. The highest BCUT2D eigenvalue weighted by molar-refractivity contribution is 5.80. The minimum Gasteiger partial charge on any atom is -0.461 e. The number of carbonyl (C=O) groups excluding carboxylic acids is 1. The number of rotatable bonds is 5. The van der Waals surface area contributed by atoms with E-state index in [0.29, 0.717) is 6.42 Å². The van der Waals surface area contributed by atoms with Gasteiger partial charge in [0.05, 0.1) is 6.10 Å². The van der Waals surface area contributed by atoms with Crippen LogP contribution in [0.5, 0.6) is 0 Å². The lowest BCUT2D eigenvalue weighted by Gasteiger charge is -2.28. The van der Waals surface area contributed by atoms with Gasteiger partial charge in [-0.3, -0.25) is 0 Å². The second kappa shape index (κ2) is 5.67. The van der Waals surface area contributed by atoms with E-state index in [0.717, 1.165) is 32.1 Å². The van der Waals surface area contributed by atoms with Crippen LogP contribution < -0.4 is 0 Å². The van der Waals surface area contributed by atoms with E-state index in [-0.39, 0.29) is 12.0 Å². The average Bonchev–Trinajstić information content (AvgIpc) is 2.57. The summed E-state index contributed by atoms with van der Waals surface area (Å²) in [6.07, 6.45) is 5.40. The molecule has 0 spiro atoms. The van der Waals surface area contributed by atoms with Crippen LogP contribution in [0.25, 0.3) is 0 Å². The van der Waals surface area contributed by atoms with E-state index in [1.807, 2.05) is 13.8 Å². The summed E-state index contributed by atoms with van der Waals surface area (Å²) in [6.45, 7) is 5.76. The molecule has 0 radical (unpaired) electrons. The predicted molar refractivity (Wildman–Crippen MR) is 63.0 cm³/mol. The molecule has 1 N–H and O–H groups in total.